The lowest BCUT2D eigenvalue weighted by Gasteiger charge is -2.29. The Hall–Kier alpha value is -2.94. The number of nitrogens with one attached hydrogen (secondary N) is 1. The molecule has 0 bridgehead atoms. The van der Waals surface area contributed by atoms with Gasteiger partial charge in [-0.05, 0) is 49.9 Å². The Labute approximate surface area is 195 Å². The molecular formula is C24H35N5O4. The van der Waals surface area contributed by atoms with Crippen LogP contribution in [0.15, 0.2) is 24.3 Å². The number of hydrogen-bond donors (Lipinski definition) is 2. The van der Waals surface area contributed by atoms with Gasteiger partial charge in [0.25, 0.3) is 5.91 Å². The first-order chi connectivity index (χ1) is 15.5. The van der Waals surface area contributed by atoms with Gasteiger partial charge in [0, 0.05) is 31.9 Å². The van der Waals surface area contributed by atoms with Crippen LogP contribution in [0, 0.1) is 5.92 Å². The van der Waals surface area contributed by atoms with Gasteiger partial charge in [0.1, 0.15) is 12.1 Å². The van der Waals surface area contributed by atoms with Crippen LogP contribution in [0.25, 0.3) is 0 Å². The molecule has 9 heteroatoms. The van der Waals surface area contributed by atoms with Crippen molar-refractivity contribution in [2.24, 2.45) is 11.7 Å². The van der Waals surface area contributed by atoms with E-state index in [0.29, 0.717) is 24.9 Å². The third-order valence-corrected chi connectivity index (χ3v) is 6.33. The maximum absolute atomic E-state index is 13.5. The summed E-state index contributed by atoms with van der Waals surface area (Å²) < 4.78 is 0. The lowest BCUT2D eigenvalue weighted by Crippen LogP contribution is -2.53. The van der Waals surface area contributed by atoms with E-state index in [1.807, 2.05) is 45.0 Å². The van der Waals surface area contributed by atoms with Gasteiger partial charge in [-0.25, -0.2) is 0 Å². The highest BCUT2D eigenvalue weighted by Crippen LogP contribution is 2.31. The first-order valence-electron chi connectivity index (χ1n) is 11.5. The Morgan fingerprint density at radius 1 is 1.09 bits per heavy atom. The van der Waals surface area contributed by atoms with E-state index >= 15 is 0 Å². The van der Waals surface area contributed by atoms with Gasteiger partial charge in [-0.1, -0.05) is 13.8 Å². The van der Waals surface area contributed by atoms with Crippen LogP contribution in [0.1, 0.15) is 44.0 Å². The number of carbonyl (C=O) groups is 4. The molecule has 1 aromatic rings. The minimum Gasteiger partial charge on any atom is -0.378 e. The molecule has 0 radical (unpaired) electrons. The largest absolute Gasteiger partial charge is 0.378 e. The van der Waals surface area contributed by atoms with E-state index in [1.165, 1.54) is 4.90 Å². The molecule has 0 saturated carbocycles. The summed E-state index contributed by atoms with van der Waals surface area (Å²) in [6.07, 6.45) is 0.972. The Kier molecular flexibility index (Phi) is 7.41. The van der Waals surface area contributed by atoms with Crippen LogP contribution >= 0.6 is 0 Å². The molecule has 2 heterocycles. The lowest BCUT2D eigenvalue weighted by atomic mass is 10.0. The van der Waals surface area contributed by atoms with Gasteiger partial charge >= 0.3 is 0 Å². The monoisotopic (exact) mass is 457 g/mol. The van der Waals surface area contributed by atoms with Crippen molar-refractivity contribution < 1.29 is 19.2 Å². The average molecular weight is 458 g/mol. The van der Waals surface area contributed by atoms with Gasteiger partial charge in [0.05, 0.1) is 18.6 Å². The lowest BCUT2D eigenvalue weighted by molar-refractivity contribution is -0.138. The van der Waals surface area contributed by atoms with Gasteiger partial charge in [0.15, 0.2) is 5.78 Å². The summed E-state index contributed by atoms with van der Waals surface area (Å²) in [4.78, 5) is 56.6. The summed E-state index contributed by atoms with van der Waals surface area (Å²) in [7, 11) is 3.84. The maximum Gasteiger partial charge on any atom is 0.251 e. The highest BCUT2D eigenvalue weighted by Gasteiger charge is 2.52. The number of fused-ring (bicyclic) bond motifs is 1. The van der Waals surface area contributed by atoms with Crippen molar-refractivity contribution in [3.05, 3.63) is 29.8 Å². The Balaban J connectivity index is 1.76. The Bertz CT molecular complexity index is 912. The minimum absolute atomic E-state index is 0.0289. The summed E-state index contributed by atoms with van der Waals surface area (Å²) in [6.45, 7) is 5.89. The standard InChI is InChI=1S/C24H35N5O4/c1-14(2)12-18(26-22(31)16-6-8-17(9-7-16)27(4)5)24(33)28-11-10-19-21(28)20(30)13-29(19)23(32)15(3)25/h6-9,14-15,18-19,21H,10-13,25H2,1-5H3,(H,26,31)/t15-,18-,19+,21-/m0/s1. The number of anilines is 1. The molecule has 0 spiro atoms. The summed E-state index contributed by atoms with van der Waals surface area (Å²) >= 11 is 0. The number of benzene rings is 1. The van der Waals surface area contributed by atoms with E-state index in [-0.39, 0.29) is 42.0 Å². The van der Waals surface area contributed by atoms with E-state index < -0.39 is 18.1 Å². The molecule has 2 aliphatic rings. The van der Waals surface area contributed by atoms with Gasteiger partial charge in [0.2, 0.25) is 11.8 Å². The summed E-state index contributed by atoms with van der Waals surface area (Å²) in [6, 6.07) is 4.67. The van der Waals surface area contributed by atoms with E-state index in [1.54, 1.807) is 24.0 Å². The predicted octanol–water partition coefficient (Wildman–Crippen LogP) is 0.625. The SMILES string of the molecule is CC(C)C[C@H](NC(=O)c1ccc(N(C)C)cc1)C(=O)N1CC[C@@H]2[C@H]1C(=O)CN2C(=O)[C@H](C)N. The van der Waals surface area contributed by atoms with Gasteiger partial charge in [-0.3, -0.25) is 19.2 Å². The normalized spacial score (nSPS) is 21.7. The molecule has 180 valence electrons. The predicted molar refractivity (Wildman–Crippen MR) is 126 cm³/mol. The quantitative estimate of drug-likeness (QED) is 0.620. The number of rotatable bonds is 7. The highest BCUT2D eigenvalue weighted by atomic mass is 16.2. The van der Waals surface area contributed by atoms with Crippen LogP contribution in [0.2, 0.25) is 0 Å². The number of amides is 3. The zero-order valence-corrected chi connectivity index (χ0v) is 20.1. The molecule has 3 rings (SSSR count). The van der Waals surface area contributed by atoms with Crippen molar-refractivity contribution in [1.82, 2.24) is 15.1 Å². The smallest absolute Gasteiger partial charge is 0.251 e. The third-order valence-electron chi connectivity index (χ3n) is 6.33. The molecule has 2 fully saturated rings. The molecule has 1 aromatic carbocycles. The zero-order valence-electron chi connectivity index (χ0n) is 20.1. The summed E-state index contributed by atoms with van der Waals surface area (Å²) in [5.41, 5.74) is 7.18. The Morgan fingerprint density at radius 3 is 2.27 bits per heavy atom. The number of Topliss-reactive ketones (excluding diaryl/α,β-unsaturated/α-hetero) is 1. The highest BCUT2D eigenvalue weighted by molar-refractivity contribution is 6.01. The summed E-state index contributed by atoms with van der Waals surface area (Å²) in [5.74, 6) is -0.893. The van der Waals surface area contributed by atoms with Crippen molar-refractivity contribution in [2.45, 2.75) is 57.8 Å². The van der Waals surface area contributed by atoms with Crippen molar-refractivity contribution in [2.75, 3.05) is 32.1 Å². The van der Waals surface area contributed by atoms with Crippen molar-refractivity contribution in [3.63, 3.8) is 0 Å². The summed E-state index contributed by atoms with van der Waals surface area (Å²) in [5, 5.41) is 2.88. The first-order valence-corrected chi connectivity index (χ1v) is 11.5. The molecule has 2 saturated heterocycles. The molecule has 33 heavy (non-hydrogen) atoms. The van der Waals surface area contributed by atoms with Crippen molar-refractivity contribution >= 4 is 29.2 Å². The van der Waals surface area contributed by atoms with E-state index in [4.69, 9.17) is 5.73 Å². The molecule has 9 nitrogen and oxygen atoms in total. The fourth-order valence-electron chi connectivity index (χ4n) is 4.67. The van der Waals surface area contributed by atoms with Crippen LogP contribution in [-0.4, -0.2) is 84.7 Å². The molecule has 0 aliphatic carbocycles. The fourth-order valence-corrected chi connectivity index (χ4v) is 4.67. The van der Waals surface area contributed by atoms with Crippen LogP contribution in [0.4, 0.5) is 5.69 Å². The molecule has 2 aliphatic heterocycles. The topological polar surface area (TPSA) is 116 Å². The first kappa shape index (κ1) is 24.7. The van der Waals surface area contributed by atoms with E-state index in [0.717, 1.165) is 5.69 Å². The number of hydrogen-bond acceptors (Lipinski definition) is 6. The molecule has 0 aromatic heterocycles. The van der Waals surface area contributed by atoms with Gasteiger partial charge < -0.3 is 25.8 Å². The number of nitrogens with zero attached hydrogens (tertiary/aromatic N) is 3. The van der Waals surface area contributed by atoms with Crippen molar-refractivity contribution in [3.8, 4) is 0 Å². The second-order valence-corrected chi connectivity index (χ2v) is 9.65. The second kappa shape index (κ2) is 9.91. The van der Waals surface area contributed by atoms with E-state index in [2.05, 4.69) is 5.32 Å². The van der Waals surface area contributed by atoms with Crippen LogP contribution in [0.5, 0.6) is 0 Å². The minimum atomic E-state index is -0.754. The maximum atomic E-state index is 13.5. The zero-order chi connectivity index (χ0) is 24.4. The molecular weight excluding hydrogens is 422 g/mol. The van der Waals surface area contributed by atoms with Crippen LogP contribution in [0.3, 0.4) is 0 Å². The number of nitrogens with two attached hydrogens (primary N) is 1. The average Bonchev–Trinajstić information content (AvgIpc) is 3.33. The molecule has 3 N–H and O–H groups in total. The molecule has 3 amide bonds. The van der Waals surface area contributed by atoms with Crippen LogP contribution < -0.4 is 16.0 Å². The third kappa shape index (κ3) is 5.19. The number of likely N-dealkylation sites (tertiary alicyclic amines) is 2. The molecule has 0 unspecified atom stereocenters. The van der Waals surface area contributed by atoms with Crippen LogP contribution in [-0.2, 0) is 14.4 Å². The van der Waals surface area contributed by atoms with Gasteiger partial charge in [-0.15, -0.1) is 0 Å². The number of ketones is 1. The Morgan fingerprint density at radius 2 is 1.73 bits per heavy atom. The second-order valence-electron chi connectivity index (χ2n) is 9.65. The van der Waals surface area contributed by atoms with Crippen molar-refractivity contribution in [1.29, 1.82) is 0 Å². The number of carbonyl (C=O) groups excluding carboxylic acids is 4. The molecule has 4 atom stereocenters. The fraction of sp³-hybridized carbons (Fsp3) is 0.583. The van der Waals surface area contributed by atoms with Gasteiger partial charge in [-0.2, -0.15) is 0 Å². The van der Waals surface area contributed by atoms with E-state index in [9.17, 15) is 19.2 Å².